The maximum Gasteiger partial charge on any atom is 0.303 e. The molecule has 0 aromatic carbocycles. The SMILES string of the molecule is CCCCCCCC1(CC[C@H]2[C@H](O)CC(O)[C@@H]2C/C=C\CCCC(=O)O)OCCCO1. The summed E-state index contributed by atoms with van der Waals surface area (Å²) < 4.78 is 12.3. The number of carboxylic acid groups (broad SMARTS) is 1. The average molecular weight is 441 g/mol. The second kappa shape index (κ2) is 14.2. The van der Waals surface area contributed by atoms with Gasteiger partial charge < -0.3 is 24.8 Å². The third kappa shape index (κ3) is 9.21. The molecule has 1 aliphatic carbocycles. The number of allylic oxidation sites excluding steroid dienone is 2. The summed E-state index contributed by atoms with van der Waals surface area (Å²) >= 11 is 0. The predicted octanol–water partition coefficient (Wildman–Crippen LogP) is 4.82. The fourth-order valence-corrected chi connectivity index (χ4v) is 5.06. The molecule has 0 aromatic heterocycles. The van der Waals surface area contributed by atoms with Crippen molar-refractivity contribution in [2.75, 3.05) is 13.2 Å². The number of hydrogen-bond acceptors (Lipinski definition) is 5. The van der Waals surface area contributed by atoms with Gasteiger partial charge in [0.05, 0.1) is 25.4 Å². The monoisotopic (exact) mass is 440 g/mol. The Hall–Kier alpha value is -0.950. The fourth-order valence-electron chi connectivity index (χ4n) is 5.06. The summed E-state index contributed by atoms with van der Waals surface area (Å²) in [5.74, 6) is -1.25. The molecule has 2 rings (SSSR count). The van der Waals surface area contributed by atoms with Crippen molar-refractivity contribution in [1.82, 2.24) is 0 Å². The molecule has 180 valence electrons. The van der Waals surface area contributed by atoms with E-state index >= 15 is 0 Å². The van der Waals surface area contributed by atoms with Crippen LogP contribution in [0.4, 0.5) is 0 Å². The topological polar surface area (TPSA) is 96.2 Å². The van der Waals surface area contributed by atoms with Gasteiger partial charge in [-0.05, 0) is 56.8 Å². The van der Waals surface area contributed by atoms with Crippen molar-refractivity contribution in [3.63, 3.8) is 0 Å². The lowest BCUT2D eigenvalue weighted by Gasteiger charge is -2.39. The zero-order valence-electron chi connectivity index (χ0n) is 19.3. The zero-order valence-corrected chi connectivity index (χ0v) is 19.3. The van der Waals surface area contributed by atoms with Gasteiger partial charge in [-0.25, -0.2) is 0 Å². The minimum Gasteiger partial charge on any atom is -0.481 e. The number of rotatable bonds is 15. The van der Waals surface area contributed by atoms with E-state index in [-0.39, 0.29) is 18.3 Å². The number of carboxylic acids is 1. The van der Waals surface area contributed by atoms with E-state index in [1.807, 2.05) is 12.2 Å². The van der Waals surface area contributed by atoms with Crippen molar-refractivity contribution < 1.29 is 29.6 Å². The summed E-state index contributed by atoms with van der Waals surface area (Å²) in [6.07, 6.45) is 15.1. The van der Waals surface area contributed by atoms with E-state index in [4.69, 9.17) is 14.6 Å². The van der Waals surface area contributed by atoms with Crippen molar-refractivity contribution in [2.24, 2.45) is 11.8 Å². The molecule has 3 N–H and O–H groups in total. The van der Waals surface area contributed by atoms with Crippen LogP contribution in [0.25, 0.3) is 0 Å². The van der Waals surface area contributed by atoms with Crippen molar-refractivity contribution in [3.8, 4) is 0 Å². The Kier molecular flexibility index (Phi) is 12.1. The van der Waals surface area contributed by atoms with Crippen LogP contribution in [0.2, 0.25) is 0 Å². The summed E-state index contributed by atoms with van der Waals surface area (Å²) in [5, 5.41) is 29.8. The normalized spacial score (nSPS) is 28.4. The fraction of sp³-hybridized carbons (Fsp3) is 0.880. The van der Waals surface area contributed by atoms with E-state index in [0.717, 1.165) is 51.7 Å². The molecule has 4 atom stereocenters. The minimum absolute atomic E-state index is 0.0240. The maximum atomic E-state index is 10.6. The summed E-state index contributed by atoms with van der Waals surface area (Å²) in [6, 6.07) is 0. The highest BCUT2D eigenvalue weighted by Gasteiger charge is 2.43. The molecule has 31 heavy (non-hydrogen) atoms. The van der Waals surface area contributed by atoms with E-state index < -0.39 is 24.0 Å². The molecule has 0 amide bonds. The first-order valence-electron chi connectivity index (χ1n) is 12.5. The number of carbonyl (C=O) groups is 1. The summed E-state index contributed by atoms with van der Waals surface area (Å²) in [5.41, 5.74) is 0. The second-order valence-corrected chi connectivity index (χ2v) is 9.36. The van der Waals surface area contributed by atoms with Gasteiger partial charge in [0.1, 0.15) is 0 Å². The molecule has 0 spiro atoms. The number of ether oxygens (including phenoxy) is 2. The number of aliphatic carboxylic acids is 1. The molecule has 1 aliphatic heterocycles. The van der Waals surface area contributed by atoms with E-state index in [1.165, 1.54) is 25.7 Å². The van der Waals surface area contributed by atoms with E-state index in [9.17, 15) is 15.0 Å². The highest BCUT2D eigenvalue weighted by atomic mass is 16.7. The zero-order chi connectivity index (χ0) is 22.5. The Bertz CT molecular complexity index is 528. The van der Waals surface area contributed by atoms with Gasteiger partial charge in [-0.1, -0.05) is 44.8 Å². The summed E-state index contributed by atoms with van der Waals surface area (Å²) in [6.45, 7) is 3.68. The van der Waals surface area contributed by atoms with Crippen molar-refractivity contribution in [1.29, 1.82) is 0 Å². The molecule has 0 radical (unpaired) electrons. The quantitative estimate of drug-likeness (QED) is 0.250. The molecule has 0 bridgehead atoms. The van der Waals surface area contributed by atoms with Gasteiger partial charge in [0.25, 0.3) is 0 Å². The van der Waals surface area contributed by atoms with Crippen LogP contribution in [-0.4, -0.2) is 52.5 Å². The molecule has 2 fully saturated rings. The number of unbranched alkanes of at least 4 members (excludes halogenated alkanes) is 5. The van der Waals surface area contributed by atoms with Gasteiger partial charge in [0, 0.05) is 19.3 Å². The Balaban J connectivity index is 1.85. The van der Waals surface area contributed by atoms with Crippen molar-refractivity contribution >= 4 is 5.97 Å². The number of hydrogen-bond donors (Lipinski definition) is 3. The lowest BCUT2D eigenvalue weighted by Crippen LogP contribution is -2.41. The Morgan fingerprint density at radius 3 is 2.39 bits per heavy atom. The first kappa shape index (κ1) is 26.3. The third-order valence-corrected chi connectivity index (χ3v) is 6.90. The van der Waals surface area contributed by atoms with Crippen molar-refractivity contribution in [3.05, 3.63) is 12.2 Å². The molecule has 1 heterocycles. The minimum atomic E-state index is -0.769. The molecule has 2 aliphatic rings. The van der Waals surface area contributed by atoms with Gasteiger partial charge in [0.15, 0.2) is 5.79 Å². The van der Waals surface area contributed by atoms with Crippen molar-refractivity contribution in [2.45, 2.75) is 115 Å². The van der Waals surface area contributed by atoms with Crippen LogP contribution >= 0.6 is 0 Å². The molecule has 0 aromatic rings. The van der Waals surface area contributed by atoms with Crippen LogP contribution in [0, 0.1) is 11.8 Å². The van der Waals surface area contributed by atoms with Crippen LogP contribution in [0.3, 0.4) is 0 Å². The standard InChI is InChI=1S/C25H44O6/c1-2-3-4-7-10-15-25(30-17-11-18-31-25)16-14-21-20(22(26)19-23(21)27)12-8-5-6-9-13-24(28)29/h5,8,20-23,26-27H,2-4,6-7,9-19H2,1H3,(H,28,29)/b8-5-/t20-,21-,22?,23-/m1/s1. The van der Waals surface area contributed by atoms with Crippen LogP contribution in [-0.2, 0) is 14.3 Å². The van der Waals surface area contributed by atoms with Gasteiger partial charge in [0.2, 0.25) is 0 Å². The largest absolute Gasteiger partial charge is 0.481 e. The van der Waals surface area contributed by atoms with Crippen LogP contribution in [0.1, 0.15) is 96.8 Å². The molecular formula is C25H44O6. The first-order valence-corrected chi connectivity index (χ1v) is 12.5. The van der Waals surface area contributed by atoms with E-state index in [2.05, 4.69) is 6.92 Å². The highest BCUT2D eigenvalue weighted by Crippen LogP contribution is 2.41. The second-order valence-electron chi connectivity index (χ2n) is 9.36. The summed E-state index contributed by atoms with van der Waals surface area (Å²) in [7, 11) is 0. The molecule has 1 saturated carbocycles. The molecule has 6 heteroatoms. The molecular weight excluding hydrogens is 396 g/mol. The van der Waals surface area contributed by atoms with E-state index in [0.29, 0.717) is 19.3 Å². The maximum absolute atomic E-state index is 10.6. The van der Waals surface area contributed by atoms with Crippen LogP contribution < -0.4 is 0 Å². The smallest absolute Gasteiger partial charge is 0.303 e. The molecule has 1 unspecified atom stereocenters. The Labute approximate surface area is 188 Å². The Morgan fingerprint density at radius 1 is 0.968 bits per heavy atom. The predicted molar refractivity (Wildman–Crippen MR) is 121 cm³/mol. The number of aliphatic hydroxyl groups is 2. The van der Waals surface area contributed by atoms with Crippen LogP contribution in [0.15, 0.2) is 12.2 Å². The highest BCUT2D eigenvalue weighted by molar-refractivity contribution is 5.66. The lowest BCUT2D eigenvalue weighted by atomic mass is 9.84. The van der Waals surface area contributed by atoms with Gasteiger partial charge in [-0.15, -0.1) is 0 Å². The van der Waals surface area contributed by atoms with Gasteiger partial charge >= 0.3 is 5.97 Å². The summed E-state index contributed by atoms with van der Waals surface area (Å²) in [4.78, 5) is 10.6. The van der Waals surface area contributed by atoms with Crippen LogP contribution in [0.5, 0.6) is 0 Å². The molecule has 1 saturated heterocycles. The van der Waals surface area contributed by atoms with Gasteiger partial charge in [-0.3, -0.25) is 4.79 Å². The first-order chi connectivity index (χ1) is 15.0. The molecule has 6 nitrogen and oxygen atoms in total. The average Bonchev–Trinajstić information content (AvgIpc) is 3.02. The number of aliphatic hydroxyl groups excluding tert-OH is 2. The van der Waals surface area contributed by atoms with E-state index in [1.54, 1.807) is 0 Å². The Morgan fingerprint density at radius 2 is 1.68 bits per heavy atom. The van der Waals surface area contributed by atoms with Gasteiger partial charge in [-0.2, -0.15) is 0 Å². The lowest BCUT2D eigenvalue weighted by molar-refractivity contribution is -0.276. The third-order valence-electron chi connectivity index (χ3n) is 6.90.